The summed E-state index contributed by atoms with van der Waals surface area (Å²) in [5.41, 5.74) is 14.5. The van der Waals surface area contributed by atoms with Gasteiger partial charge in [-0.1, -0.05) is 69.7 Å². The van der Waals surface area contributed by atoms with Gasteiger partial charge in [-0.25, -0.2) is 4.98 Å². The molecule has 0 amide bonds. The minimum atomic E-state index is 0.628. The second-order valence-electron chi connectivity index (χ2n) is 13.7. The molecule has 5 heteroatoms. The van der Waals surface area contributed by atoms with Crippen molar-refractivity contribution in [1.82, 2.24) is 4.98 Å². The van der Waals surface area contributed by atoms with Gasteiger partial charge in [-0.15, -0.1) is 11.3 Å². The predicted octanol–water partition coefficient (Wildman–Crippen LogP) is 11.3. The van der Waals surface area contributed by atoms with Gasteiger partial charge in [0, 0.05) is 41.5 Å². The summed E-state index contributed by atoms with van der Waals surface area (Å²) in [5, 5.41) is 1.33. The Morgan fingerprint density at radius 2 is 1.69 bits per heavy atom. The van der Waals surface area contributed by atoms with Crippen molar-refractivity contribution in [1.29, 1.82) is 0 Å². The lowest BCUT2D eigenvalue weighted by Gasteiger charge is -2.38. The van der Waals surface area contributed by atoms with Gasteiger partial charge in [0.05, 0.1) is 9.88 Å². The van der Waals surface area contributed by atoms with Gasteiger partial charge in [0.2, 0.25) is 0 Å². The molecular weight excluding hydrogens is 587 g/mol. The number of nitrogens with two attached hydrogens (primary N) is 1. The first-order valence-electron chi connectivity index (χ1n) is 17.4. The lowest BCUT2D eigenvalue weighted by atomic mass is 9.77. The Morgan fingerprint density at radius 3 is 2.31 bits per heavy atom. The van der Waals surface area contributed by atoms with E-state index in [0.717, 1.165) is 42.2 Å². The Bertz CT molecular complexity index is 1410. The lowest BCUT2D eigenvalue weighted by molar-refractivity contribution is 0.323. The first-order valence-corrected chi connectivity index (χ1v) is 19.6. The Balaban J connectivity index is 0.000000609. The topological polar surface area (TPSA) is 42.2 Å². The van der Waals surface area contributed by atoms with E-state index in [0.29, 0.717) is 5.92 Å². The van der Waals surface area contributed by atoms with Crippen molar-refractivity contribution in [2.45, 2.75) is 103 Å². The van der Waals surface area contributed by atoms with Gasteiger partial charge in [0.25, 0.3) is 0 Å². The van der Waals surface area contributed by atoms with Crippen molar-refractivity contribution in [2.75, 3.05) is 23.5 Å². The van der Waals surface area contributed by atoms with Gasteiger partial charge in [0.1, 0.15) is 0 Å². The van der Waals surface area contributed by atoms with Crippen molar-refractivity contribution in [3.8, 4) is 10.4 Å². The highest BCUT2D eigenvalue weighted by molar-refractivity contribution is 7.98. The molecule has 0 unspecified atom stereocenters. The van der Waals surface area contributed by atoms with Gasteiger partial charge in [-0.3, -0.25) is 0 Å². The van der Waals surface area contributed by atoms with Gasteiger partial charge in [-0.2, -0.15) is 11.8 Å². The second-order valence-corrected chi connectivity index (χ2v) is 15.6. The molecule has 0 saturated heterocycles. The smallest absolute Gasteiger partial charge is 0.0962 e. The second kappa shape index (κ2) is 16.4. The summed E-state index contributed by atoms with van der Waals surface area (Å²) >= 11 is 3.58. The highest BCUT2D eigenvalue weighted by atomic mass is 32.2. The van der Waals surface area contributed by atoms with Gasteiger partial charge >= 0.3 is 0 Å². The number of aryl methyl sites for hydroxylation is 2. The zero-order valence-electron chi connectivity index (χ0n) is 28.0. The highest BCUT2D eigenvalue weighted by Gasteiger charge is 2.29. The van der Waals surface area contributed by atoms with Crippen LogP contribution in [-0.4, -0.2) is 23.5 Å². The van der Waals surface area contributed by atoms with E-state index in [9.17, 15) is 0 Å². The molecule has 2 aromatic carbocycles. The van der Waals surface area contributed by atoms with Crippen LogP contribution in [0.1, 0.15) is 111 Å². The molecule has 3 nitrogen and oxygen atoms in total. The summed E-state index contributed by atoms with van der Waals surface area (Å²) in [6, 6.07) is 16.5. The SMILES string of the molecule is C=C(C1CCCCC1)N(CC1CCC(c2ccc(CC)c(C)c2)CC1)c1cccc(-c2cnc(C3CC3)s2)c1.C=C(N)CSC. The van der Waals surface area contributed by atoms with Crippen molar-refractivity contribution < 1.29 is 0 Å². The van der Waals surface area contributed by atoms with E-state index in [1.807, 2.05) is 17.6 Å². The Morgan fingerprint density at radius 1 is 0.956 bits per heavy atom. The largest absolute Gasteiger partial charge is 0.402 e. The third-order valence-electron chi connectivity index (χ3n) is 10.2. The molecule has 3 fully saturated rings. The van der Waals surface area contributed by atoms with E-state index in [4.69, 9.17) is 17.3 Å². The molecule has 0 spiro atoms. The van der Waals surface area contributed by atoms with E-state index in [1.54, 1.807) is 17.3 Å². The average molecular weight is 642 g/mol. The first-order chi connectivity index (χ1) is 21.9. The molecule has 0 bridgehead atoms. The fraction of sp³-hybridized carbons (Fsp3) is 0.525. The fourth-order valence-corrected chi connectivity index (χ4v) is 8.76. The number of allylic oxidation sites excluding steroid dienone is 1. The summed E-state index contributed by atoms with van der Waals surface area (Å²) in [4.78, 5) is 8.71. The zero-order valence-corrected chi connectivity index (χ0v) is 29.7. The van der Waals surface area contributed by atoms with Crippen LogP contribution in [0.5, 0.6) is 0 Å². The van der Waals surface area contributed by atoms with Gasteiger partial charge in [0.15, 0.2) is 0 Å². The van der Waals surface area contributed by atoms with Gasteiger partial charge in [-0.05, 0) is 123 Å². The number of anilines is 1. The lowest BCUT2D eigenvalue weighted by Crippen LogP contribution is -2.33. The average Bonchev–Trinajstić information content (AvgIpc) is 3.80. The van der Waals surface area contributed by atoms with Crippen molar-refractivity contribution in [2.24, 2.45) is 17.6 Å². The standard InChI is InChI=1S/C36H46N2S.C4H9NS/c1-4-28-17-20-32(21-25(28)2)30-15-13-27(14-16-30)24-38(26(3)29-9-6-5-7-10-29)34-12-8-11-33(22-34)35-23-37-36(39-35)31-18-19-31;1-4(5)3-6-2/h8,11-12,17,20-23,27,29-31H,3-7,9-10,13-16,18-19,24H2,1-2H3;1,3,5H2,2H3. The number of thiazole rings is 1. The molecule has 0 aliphatic heterocycles. The molecule has 3 saturated carbocycles. The zero-order chi connectivity index (χ0) is 31.8. The van der Waals surface area contributed by atoms with Crippen LogP contribution in [0, 0.1) is 18.8 Å². The summed E-state index contributed by atoms with van der Waals surface area (Å²) in [7, 11) is 0. The number of rotatable bonds is 11. The molecule has 0 atom stereocenters. The van der Waals surface area contributed by atoms with Crippen LogP contribution in [0.25, 0.3) is 10.4 Å². The quantitative estimate of drug-likeness (QED) is 0.226. The van der Waals surface area contributed by atoms with Crippen LogP contribution in [0.2, 0.25) is 0 Å². The Hall–Kier alpha value is -2.50. The summed E-state index contributed by atoms with van der Waals surface area (Å²) < 4.78 is 0. The predicted molar refractivity (Wildman–Crippen MR) is 200 cm³/mol. The molecule has 3 aliphatic carbocycles. The number of hydrogen-bond donors (Lipinski definition) is 1. The molecule has 45 heavy (non-hydrogen) atoms. The maximum atomic E-state index is 5.19. The van der Waals surface area contributed by atoms with Crippen LogP contribution in [0.3, 0.4) is 0 Å². The van der Waals surface area contributed by atoms with E-state index in [1.165, 1.54) is 109 Å². The van der Waals surface area contributed by atoms with Crippen LogP contribution in [-0.2, 0) is 6.42 Å². The molecule has 0 radical (unpaired) electrons. The molecule has 2 N–H and O–H groups in total. The number of benzene rings is 2. The maximum Gasteiger partial charge on any atom is 0.0962 e. The molecule has 3 aromatic rings. The fourth-order valence-electron chi connectivity index (χ4n) is 7.30. The van der Waals surface area contributed by atoms with Crippen molar-refractivity contribution >= 4 is 28.8 Å². The summed E-state index contributed by atoms with van der Waals surface area (Å²) in [6.45, 7) is 13.9. The van der Waals surface area contributed by atoms with Crippen LogP contribution < -0.4 is 10.6 Å². The minimum absolute atomic E-state index is 0.628. The molecule has 1 aromatic heterocycles. The normalized spacial score (nSPS) is 20.2. The minimum Gasteiger partial charge on any atom is -0.402 e. The molecule has 1 heterocycles. The highest BCUT2D eigenvalue weighted by Crippen LogP contribution is 2.44. The number of nitrogens with zero attached hydrogens (tertiary/aromatic N) is 2. The Labute approximate surface area is 281 Å². The number of hydrogen-bond acceptors (Lipinski definition) is 5. The number of thioether (sulfide) groups is 1. The number of aromatic nitrogens is 1. The van der Waals surface area contributed by atoms with Crippen molar-refractivity contribution in [3.05, 3.63) is 94.9 Å². The molecule has 6 rings (SSSR count). The third kappa shape index (κ3) is 9.29. The van der Waals surface area contributed by atoms with E-state index < -0.39 is 0 Å². The van der Waals surface area contributed by atoms with E-state index in [-0.39, 0.29) is 0 Å². The summed E-state index contributed by atoms with van der Waals surface area (Å²) in [5.74, 6) is 3.67. The summed E-state index contributed by atoms with van der Waals surface area (Å²) in [6.07, 6.45) is 19.8. The van der Waals surface area contributed by atoms with E-state index in [2.05, 4.69) is 74.0 Å². The monoisotopic (exact) mass is 641 g/mol. The molecule has 3 aliphatic rings. The van der Waals surface area contributed by atoms with Gasteiger partial charge < -0.3 is 10.6 Å². The van der Waals surface area contributed by atoms with Crippen LogP contribution in [0.15, 0.2) is 73.2 Å². The first kappa shape index (κ1) is 33.9. The van der Waals surface area contributed by atoms with E-state index >= 15 is 0 Å². The van der Waals surface area contributed by atoms with Crippen LogP contribution in [0.4, 0.5) is 5.69 Å². The van der Waals surface area contributed by atoms with Crippen molar-refractivity contribution in [3.63, 3.8) is 0 Å². The molecular formula is C40H55N3S2. The Kier molecular flexibility index (Phi) is 12.3. The maximum absolute atomic E-state index is 5.19. The third-order valence-corrected chi connectivity index (χ3v) is 12.0. The van der Waals surface area contributed by atoms with Crippen LogP contribution >= 0.6 is 23.1 Å². The molecule has 242 valence electrons.